The van der Waals surface area contributed by atoms with Crippen molar-refractivity contribution in [2.45, 2.75) is 63.3 Å². The Hall–Kier alpha value is 0.500. The van der Waals surface area contributed by atoms with Gasteiger partial charge in [-0.3, -0.25) is 0 Å². The highest BCUT2D eigenvalue weighted by molar-refractivity contribution is 8.68. The van der Waals surface area contributed by atoms with E-state index in [1.165, 1.54) is 10.8 Å². The zero-order valence-electron chi connectivity index (χ0n) is 12.7. The van der Waals surface area contributed by atoms with Gasteiger partial charge >= 0.3 is 0 Å². The molecule has 4 atom stereocenters. The summed E-state index contributed by atoms with van der Waals surface area (Å²) in [7, 11) is 2.93. The minimum absolute atomic E-state index is 0.219. The van der Waals surface area contributed by atoms with Crippen molar-refractivity contribution in [1.29, 1.82) is 0 Å². The maximum Gasteiger partial charge on any atom is 0.114 e. The Balaban J connectivity index is 2.70. The van der Waals surface area contributed by atoms with E-state index in [4.69, 9.17) is 14.2 Å². The predicted octanol–water partition coefficient (Wildman–Crippen LogP) is 1.27. The fourth-order valence-corrected chi connectivity index (χ4v) is 3.54. The van der Waals surface area contributed by atoms with E-state index in [9.17, 15) is 10.2 Å². The first-order chi connectivity index (χ1) is 9.14. The van der Waals surface area contributed by atoms with Gasteiger partial charge < -0.3 is 24.4 Å². The topological polar surface area (TPSA) is 68.2 Å². The second-order valence-electron chi connectivity index (χ2n) is 6.23. The largest absolute Gasteiger partial charge is 0.388 e. The molecule has 0 bridgehead atoms. The first kappa shape index (κ1) is 18.5. The zero-order valence-corrected chi connectivity index (χ0v) is 14.4. The van der Waals surface area contributed by atoms with Gasteiger partial charge in [-0.2, -0.15) is 0 Å². The Kier molecular flexibility index (Phi) is 6.65. The summed E-state index contributed by atoms with van der Waals surface area (Å²) < 4.78 is 16.8. The lowest BCUT2D eigenvalue weighted by atomic mass is 9.89. The van der Waals surface area contributed by atoms with Crippen molar-refractivity contribution >= 4 is 22.5 Å². The smallest absolute Gasteiger partial charge is 0.114 e. The average molecular weight is 326 g/mol. The van der Waals surface area contributed by atoms with Gasteiger partial charge in [0, 0.05) is 12.9 Å². The third kappa shape index (κ3) is 4.50. The number of aliphatic hydroxyl groups is 2. The maximum atomic E-state index is 10.3. The Morgan fingerprint density at radius 3 is 2.35 bits per heavy atom. The molecule has 1 heterocycles. The van der Waals surface area contributed by atoms with Crippen LogP contribution in [0.25, 0.3) is 0 Å². The van der Waals surface area contributed by atoms with Gasteiger partial charge in [0.25, 0.3) is 0 Å². The molecule has 0 aromatic heterocycles. The third-order valence-electron chi connectivity index (χ3n) is 3.57. The lowest BCUT2D eigenvalue weighted by molar-refractivity contribution is -0.256. The fourth-order valence-electron chi connectivity index (χ4n) is 2.23. The standard InChI is InChI=1S/C13H26O5S2/c1-12(2,7-20-19)18-8-6-17-11(10(15)9(8)14)13(3,4)16-5/h8-11,14-15,19H,6-7H2,1-5H3/t8-,9+,10+,11-/m1/s1. The molecule has 1 rings (SSSR count). The van der Waals surface area contributed by atoms with Crippen molar-refractivity contribution in [2.75, 3.05) is 19.5 Å². The molecule has 0 radical (unpaired) electrons. The zero-order chi connectivity index (χ0) is 15.6. The summed E-state index contributed by atoms with van der Waals surface area (Å²) in [6.45, 7) is 7.68. The van der Waals surface area contributed by atoms with Crippen LogP contribution in [0.2, 0.25) is 0 Å². The lowest BCUT2D eigenvalue weighted by Gasteiger charge is -2.45. The molecule has 0 spiro atoms. The summed E-state index contributed by atoms with van der Waals surface area (Å²) in [5.74, 6) is 0.669. The molecule has 2 N–H and O–H groups in total. The Bertz CT molecular complexity index is 311. The molecule has 0 amide bonds. The minimum Gasteiger partial charge on any atom is -0.388 e. The molecule has 20 heavy (non-hydrogen) atoms. The number of thiol groups is 1. The summed E-state index contributed by atoms with van der Waals surface area (Å²) in [4.78, 5) is 0. The van der Waals surface area contributed by atoms with Crippen molar-refractivity contribution in [3.8, 4) is 0 Å². The van der Waals surface area contributed by atoms with Gasteiger partial charge in [0.15, 0.2) is 0 Å². The summed E-state index contributed by atoms with van der Waals surface area (Å²) in [6, 6.07) is 0. The van der Waals surface area contributed by atoms with Gasteiger partial charge in [-0.1, -0.05) is 10.8 Å². The third-order valence-corrected chi connectivity index (χ3v) is 4.79. The number of methoxy groups -OCH3 is 1. The number of aliphatic hydroxyl groups excluding tert-OH is 2. The molecular formula is C13H26O5S2. The molecule has 0 aromatic rings. The van der Waals surface area contributed by atoms with Crippen molar-refractivity contribution in [3.05, 3.63) is 0 Å². The Labute approximate surface area is 130 Å². The van der Waals surface area contributed by atoms with E-state index < -0.39 is 35.6 Å². The summed E-state index contributed by atoms with van der Waals surface area (Å²) in [5, 5.41) is 20.5. The van der Waals surface area contributed by atoms with Crippen molar-refractivity contribution in [3.63, 3.8) is 0 Å². The van der Waals surface area contributed by atoms with E-state index in [1.54, 1.807) is 7.11 Å². The molecule has 1 aliphatic heterocycles. The van der Waals surface area contributed by atoms with Crippen molar-refractivity contribution in [2.24, 2.45) is 0 Å². The highest BCUT2D eigenvalue weighted by Crippen LogP contribution is 2.30. The molecule has 0 aromatic carbocycles. The number of rotatable bonds is 6. The molecule has 0 aliphatic carbocycles. The van der Waals surface area contributed by atoms with Gasteiger partial charge in [-0.25, -0.2) is 0 Å². The molecule has 120 valence electrons. The van der Waals surface area contributed by atoms with E-state index >= 15 is 0 Å². The number of ether oxygens (including phenoxy) is 3. The van der Waals surface area contributed by atoms with Crippen molar-refractivity contribution < 1.29 is 24.4 Å². The van der Waals surface area contributed by atoms with Gasteiger partial charge in [-0.15, -0.1) is 11.7 Å². The van der Waals surface area contributed by atoms with Gasteiger partial charge in [0.1, 0.15) is 24.4 Å². The van der Waals surface area contributed by atoms with Crippen LogP contribution in [0.1, 0.15) is 27.7 Å². The molecule has 1 fully saturated rings. The Morgan fingerprint density at radius 2 is 1.85 bits per heavy atom. The Morgan fingerprint density at radius 1 is 1.25 bits per heavy atom. The van der Waals surface area contributed by atoms with E-state index in [0.29, 0.717) is 5.75 Å². The second-order valence-corrected chi connectivity index (χ2v) is 7.55. The molecule has 1 aliphatic rings. The van der Waals surface area contributed by atoms with Crippen molar-refractivity contribution in [1.82, 2.24) is 0 Å². The molecule has 1 saturated heterocycles. The van der Waals surface area contributed by atoms with Crippen LogP contribution in [-0.4, -0.2) is 65.3 Å². The van der Waals surface area contributed by atoms with Gasteiger partial charge in [-0.05, 0) is 27.7 Å². The fraction of sp³-hybridized carbons (Fsp3) is 1.00. The predicted molar refractivity (Wildman–Crippen MR) is 83.2 cm³/mol. The molecule has 0 saturated carbocycles. The second kappa shape index (κ2) is 7.17. The first-order valence-electron chi connectivity index (χ1n) is 6.61. The quantitative estimate of drug-likeness (QED) is 0.505. The minimum atomic E-state index is -1.05. The van der Waals surface area contributed by atoms with Gasteiger partial charge in [0.2, 0.25) is 0 Å². The first-order valence-corrected chi connectivity index (χ1v) is 8.65. The van der Waals surface area contributed by atoms with Gasteiger partial charge in [0.05, 0.1) is 17.8 Å². The van der Waals surface area contributed by atoms with E-state index in [2.05, 4.69) is 11.7 Å². The summed E-state index contributed by atoms with van der Waals surface area (Å²) in [5.41, 5.74) is -1.13. The molecular weight excluding hydrogens is 300 g/mol. The lowest BCUT2D eigenvalue weighted by Crippen LogP contribution is -2.61. The molecule has 0 unspecified atom stereocenters. The van der Waals surface area contributed by atoms with Crippen LogP contribution in [0.5, 0.6) is 0 Å². The molecule has 7 heteroatoms. The van der Waals surface area contributed by atoms with E-state index in [1.807, 2.05) is 27.7 Å². The van der Waals surface area contributed by atoms with E-state index in [-0.39, 0.29) is 6.61 Å². The van der Waals surface area contributed by atoms with Crippen LogP contribution in [0.3, 0.4) is 0 Å². The van der Waals surface area contributed by atoms with E-state index in [0.717, 1.165) is 0 Å². The van der Waals surface area contributed by atoms with Crippen LogP contribution < -0.4 is 0 Å². The van der Waals surface area contributed by atoms with Crippen LogP contribution in [0, 0.1) is 0 Å². The highest BCUT2D eigenvalue weighted by Gasteiger charge is 2.47. The highest BCUT2D eigenvalue weighted by atomic mass is 33.1. The van der Waals surface area contributed by atoms with Crippen LogP contribution in [0.4, 0.5) is 0 Å². The van der Waals surface area contributed by atoms with Crippen LogP contribution in [-0.2, 0) is 14.2 Å². The summed E-state index contributed by atoms with van der Waals surface area (Å²) in [6.07, 6.45) is -3.22. The number of hydrogen-bond donors (Lipinski definition) is 3. The SMILES string of the molecule is COC(C)(C)[C@@H]1OC[C@@H](OC(C)(C)CSS)[C@H](O)[C@@H]1O. The maximum absolute atomic E-state index is 10.3. The molecule has 5 nitrogen and oxygen atoms in total. The number of hydrogen-bond acceptors (Lipinski definition) is 7. The normalized spacial score (nSPS) is 32.4. The average Bonchev–Trinajstić information content (AvgIpc) is 2.34. The van der Waals surface area contributed by atoms with Crippen LogP contribution in [0.15, 0.2) is 0 Å². The van der Waals surface area contributed by atoms with Crippen LogP contribution >= 0.6 is 22.5 Å². The summed E-state index contributed by atoms with van der Waals surface area (Å²) >= 11 is 4.11. The monoisotopic (exact) mass is 326 g/mol.